The summed E-state index contributed by atoms with van der Waals surface area (Å²) in [5, 5.41) is 12.4. The largest absolute Gasteiger partial charge is 0.358 e. The van der Waals surface area contributed by atoms with Gasteiger partial charge in [0.25, 0.3) is 5.69 Å². The fourth-order valence-corrected chi connectivity index (χ4v) is 3.78. The zero-order valence-electron chi connectivity index (χ0n) is 14.0. The number of aromatic nitrogens is 1. The molecule has 0 unspecified atom stereocenters. The molecule has 3 aromatic rings. The highest BCUT2D eigenvalue weighted by molar-refractivity contribution is 5.80. The number of nitro groups is 1. The number of nitrogens with one attached hydrogen (secondary N) is 1. The second-order valence-electron chi connectivity index (χ2n) is 6.75. The summed E-state index contributed by atoms with van der Waals surface area (Å²) in [6, 6.07) is 17.7. The molecular formula is C20H21N3O2. The van der Waals surface area contributed by atoms with E-state index in [1.54, 1.807) is 12.1 Å². The quantitative estimate of drug-likeness (QED) is 0.566. The van der Waals surface area contributed by atoms with E-state index >= 15 is 0 Å². The molecule has 2 aromatic carbocycles. The molecule has 0 spiro atoms. The molecule has 0 aliphatic carbocycles. The van der Waals surface area contributed by atoms with Crippen molar-refractivity contribution in [1.82, 2.24) is 9.88 Å². The van der Waals surface area contributed by atoms with Gasteiger partial charge in [-0.1, -0.05) is 36.4 Å². The number of rotatable bonds is 4. The van der Waals surface area contributed by atoms with Crippen LogP contribution in [0.25, 0.3) is 10.9 Å². The highest BCUT2D eigenvalue weighted by Gasteiger charge is 2.23. The SMILES string of the molecule is O=[N+]([O-])c1ccccc1CN1CCC(c2cc3ccccc3[nH]2)CC1. The van der Waals surface area contributed by atoms with Gasteiger partial charge in [-0.2, -0.15) is 0 Å². The van der Waals surface area contributed by atoms with Crippen molar-refractivity contribution in [2.24, 2.45) is 0 Å². The average Bonchev–Trinajstić information content (AvgIpc) is 3.07. The summed E-state index contributed by atoms with van der Waals surface area (Å²) in [6.07, 6.45) is 2.15. The Hall–Kier alpha value is -2.66. The number of piperidine rings is 1. The van der Waals surface area contributed by atoms with Crippen molar-refractivity contribution in [1.29, 1.82) is 0 Å². The summed E-state index contributed by atoms with van der Waals surface area (Å²) >= 11 is 0. The van der Waals surface area contributed by atoms with Crippen molar-refractivity contribution in [3.8, 4) is 0 Å². The van der Waals surface area contributed by atoms with E-state index in [0.29, 0.717) is 12.5 Å². The molecule has 1 N–H and O–H groups in total. The molecule has 0 radical (unpaired) electrons. The second-order valence-corrected chi connectivity index (χ2v) is 6.75. The first-order valence-electron chi connectivity index (χ1n) is 8.73. The van der Waals surface area contributed by atoms with Crippen LogP contribution < -0.4 is 0 Å². The number of nitrogens with zero attached hydrogens (tertiary/aromatic N) is 2. The molecule has 1 aliphatic heterocycles. The Labute approximate surface area is 146 Å². The minimum absolute atomic E-state index is 0.222. The Morgan fingerprint density at radius 2 is 1.80 bits per heavy atom. The van der Waals surface area contributed by atoms with Crippen molar-refractivity contribution < 1.29 is 4.92 Å². The third kappa shape index (κ3) is 3.28. The van der Waals surface area contributed by atoms with E-state index in [4.69, 9.17) is 0 Å². The first kappa shape index (κ1) is 15.8. The molecule has 4 rings (SSSR count). The van der Waals surface area contributed by atoms with Crippen LogP contribution in [0.15, 0.2) is 54.6 Å². The van der Waals surface area contributed by atoms with Crippen LogP contribution in [0, 0.1) is 10.1 Å². The summed E-state index contributed by atoms with van der Waals surface area (Å²) in [7, 11) is 0. The molecule has 5 heteroatoms. The molecule has 5 nitrogen and oxygen atoms in total. The van der Waals surface area contributed by atoms with Crippen LogP contribution in [0.3, 0.4) is 0 Å². The van der Waals surface area contributed by atoms with Gasteiger partial charge < -0.3 is 4.98 Å². The lowest BCUT2D eigenvalue weighted by atomic mass is 9.93. The summed E-state index contributed by atoms with van der Waals surface area (Å²) in [6.45, 7) is 2.58. The molecule has 1 fully saturated rings. The first-order valence-corrected chi connectivity index (χ1v) is 8.73. The van der Waals surface area contributed by atoms with Crippen LogP contribution >= 0.6 is 0 Å². The number of aromatic amines is 1. The van der Waals surface area contributed by atoms with E-state index < -0.39 is 0 Å². The maximum Gasteiger partial charge on any atom is 0.273 e. The fourth-order valence-electron chi connectivity index (χ4n) is 3.78. The van der Waals surface area contributed by atoms with Crippen LogP contribution in [0.2, 0.25) is 0 Å². The molecule has 0 amide bonds. The maximum atomic E-state index is 11.2. The summed E-state index contributed by atoms with van der Waals surface area (Å²) in [5.74, 6) is 0.536. The van der Waals surface area contributed by atoms with Gasteiger partial charge in [0, 0.05) is 35.3 Å². The number of hydrogen-bond acceptors (Lipinski definition) is 3. The second kappa shape index (κ2) is 6.69. The molecule has 25 heavy (non-hydrogen) atoms. The Bertz CT molecular complexity index is 862. The third-order valence-corrected chi connectivity index (χ3v) is 5.16. The lowest BCUT2D eigenvalue weighted by molar-refractivity contribution is -0.385. The summed E-state index contributed by atoms with van der Waals surface area (Å²) in [4.78, 5) is 16.8. The standard InChI is InChI=1S/C20H21N3O2/c24-23(25)20-8-4-2-6-17(20)14-22-11-9-15(10-12-22)19-13-16-5-1-3-7-18(16)21-19/h1-8,13,15,21H,9-12,14H2. The lowest BCUT2D eigenvalue weighted by Crippen LogP contribution is -2.32. The van der Waals surface area contributed by atoms with Gasteiger partial charge in [-0.05, 0) is 43.5 Å². The van der Waals surface area contributed by atoms with Gasteiger partial charge >= 0.3 is 0 Å². The number of nitro benzene ring substituents is 1. The van der Waals surface area contributed by atoms with Crippen molar-refractivity contribution in [2.75, 3.05) is 13.1 Å². The van der Waals surface area contributed by atoms with E-state index in [-0.39, 0.29) is 10.6 Å². The molecule has 0 atom stereocenters. The summed E-state index contributed by atoms with van der Waals surface area (Å²) in [5.41, 5.74) is 3.53. The minimum Gasteiger partial charge on any atom is -0.358 e. The monoisotopic (exact) mass is 335 g/mol. The highest BCUT2D eigenvalue weighted by Crippen LogP contribution is 2.31. The number of hydrogen-bond donors (Lipinski definition) is 1. The van der Waals surface area contributed by atoms with Gasteiger partial charge in [-0.3, -0.25) is 15.0 Å². The number of likely N-dealkylation sites (tertiary alicyclic amines) is 1. The van der Waals surface area contributed by atoms with Crippen LogP contribution in [0.4, 0.5) is 5.69 Å². The van der Waals surface area contributed by atoms with E-state index in [0.717, 1.165) is 31.5 Å². The Morgan fingerprint density at radius 3 is 2.56 bits per heavy atom. The van der Waals surface area contributed by atoms with Gasteiger partial charge in [0.1, 0.15) is 0 Å². The van der Waals surface area contributed by atoms with Crippen molar-refractivity contribution >= 4 is 16.6 Å². The van der Waals surface area contributed by atoms with Crippen molar-refractivity contribution in [3.63, 3.8) is 0 Å². The first-order chi connectivity index (χ1) is 12.2. The van der Waals surface area contributed by atoms with Gasteiger partial charge in [-0.25, -0.2) is 0 Å². The Morgan fingerprint density at radius 1 is 1.08 bits per heavy atom. The van der Waals surface area contributed by atoms with Gasteiger partial charge in [0.2, 0.25) is 0 Å². The topological polar surface area (TPSA) is 62.2 Å². The Balaban J connectivity index is 1.42. The molecule has 0 saturated carbocycles. The van der Waals surface area contributed by atoms with Crippen molar-refractivity contribution in [2.45, 2.75) is 25.3 Å². The molecular weight excluding hydrogens is 314 g/mol. The lowest BCUT2D eigenvalue weighted by Gasteiger charge is -2.31. The molecule has 0 bridgehead atoms. The zero-order valence-corrected chi connectivity index (χ0v) is 14.0. The molecule has 1 aromatic heterocycles. The van der Waals surface area contributed by atoms with Crippen LogP contribution in [-0.4, -0.2) is 27.9 Å². The number of para-hydroxylation sites is 2. The third-order valence-electron chi connectivity index (χ3n) is 5.16. The van der Waals surface area contributed by atoms with Gasteiger partial charge in [0.05, 0.1) is 4.92 Å². The van der Waals surface area contributed by atoms with Gasteiger partial charge in [0.15, 0.2) is 0 Å². The van der Waals surface area contributed by atoms with E-state index in [1.165, 1.54) is 16.6 Å². The van der Waals surface area contributed by atoms with E-state index in [1.807, 2.05) is 12.1 Å². The zero-order chi connectivity index (χ0) is 17.2. The summed E-state index contributed by atoms with van der Waals surface area (Å²) < 4.78 is 0. The predicted octanol–water partition coefficient (Wildman–Crippen LogP) is 4.46. The molecule has 2 heterocycles. The molecule has 128 valence electrons. The molecule has 1 saturated heterocycles. The fraction of sp³-hybridized carbons (Fsp3) is 0.300. The normalized spacial score (nSPS) is 16.3. The number of H-pyrrole nitrogens is 1. The smallest absolute Gasteiger partial charge is 0.273 e. The van der Waals surface area contributed by atoms with Gasteiger partial charge in [-0.15, -0.1) is 0 Å². The van der Waals surface area contributed by atoms with E-state index in [2.05, 4.69) is 40.2 Å². The van der Waals surface area contributed by atoms with E-state index in [9.17, 15) is 10.1 Å². The maximum absolute atomic E-state index is 11.2. The van der Waals surface area contributed by atoms with Crippen LogP contribution in [-0.2, 0) is 6.54 Å². The van der Waals surface area contributed by atoms with Crippen LogP contribution in [0.5, 0.6) is 0 Å². The highest BCUT2D eigenvalue weighted by atomic mass is 16.6. The average molecular weight is 335 g/mol. The minimum atomic E-state index is -0.285. The Kier molecular flexibility index (Phi) is 4.24. The number of fused-ring (bicyclic) bond motifs is 1. The van der Waals surface area contributed by atoms with Crippen LogP contribution in [0.1, 0.15) is 30.0 Å². The van der Waals surface area contributed by atoms with Crippen molar-refractivity contribution in [3.05, 3.63) is 76.0 Å². The number of benzene rings is 2. The molecule has 1 aliphatic rings. The predicted molar refractivity (Wildman–Crippen MR) is 98.6 cm³/mol.